The summed E-state index contributed by atoms with van der Waals surface area (Å²) < 4.78 is 0. The van der Waals surface area contributed by atoms with E-state index in [0.717, 1.165) is 0 Å². The molecule has 12 heavy (non-hydrogen) atoms. The van der Waals surface area contributed by atoms with Crippen LogP contribution in [-0.2, 0) is 17.1 Å². The Bertz CT molecular complexity index is 252. The van der Waals surface area contributed by atoms with Crippen LogP contribution >= 0.6 is 0 Å². The van der Waals surface area contributed by atoms with Gasteiger partial charge in [0.05, 0.1) is 0 Å². The third kappa shape index (κ3) is 1.81. The summed E-state index contributed by atoms with van der Waals surface area (Å²) in [7, 11) is 0. The van der Waals surface area contributed by atoms with Crippen molar-refractivity contribution in [1.82, 2.24) is 47.4 Å². The molecule has 0 bridgehead atoms. The van der Waals surface area contributed by atoms with E-state index in [2.05, 4.69) is 41.2 Å². The van der Waals surface area contributed by atoms with Gasteiger partial charge in [-0.15, -0.1) is 10.2 Å². The molecule has 0 spiro atoms. The van der Waals surface area contributed by atoms with E-state index in [1.165, 1.54) is 0 Å². The summed E-state index contributed by atoms with van der Waals surface area (Å²) in [5.74, 6) is 0.843. The first-order chi connectivity index (χ1) is 4.97. The van der Waals surface area contributed by atoms with Crippen LogP contribution in [0.15, 0.2) is 0 Å². The zero-order valence-corrected chi connectivity index (χ0v) is 6.63. The molecule has 0 amide bonds. The number of hydrogen-bond donors (Lipinski definition) is 3. The Balaban J connectivity index is 0.000000605. The van der Waals surface area contributed by atoms with Crippen molar-refractivity contribution in [3.8, 4) is 11.6 Å². The van der Waals surface area contributed by atoms with Gasteiger partial charge in [0.15, 0.2) is 0 Å². The largest absolute Gasteiger partial charge is 0.344 e. The molecule has 2 rings (SSSR count). The zero-order chi connectivity index (χ0) is 6.81. The molecule has 2 aromatic rings. The van der Waals surface area contributed by atoms with Gasteiger partial charge < -0.3 is 6.15 Å². The fourth-order valence-corrected chi connectivity index (χ4v) is 0.519. The van der Waals surface area contributed by atoms with Crippen LogP contribution in [0.1, 0.15) is 0 Å². The zero-order valence-electron chi connectivity index (χ0n) is 5.69. The van der Waals surface area contributed by atoms with E-state index in [1.807, 2.05) is 0 Å². The quantitative estimate of drug-likeness (QED) is 0.496. The van der Waals surface area contributed by atoms with Gasteiger partial charge in [-0.3, -0.25) is 0 Å². The molecule has 0 fully saturated rings. The van der Waals surface area contributed by atoms with Crippen molar-refractivity contribution in [2.75, 3.05) is 0 Å². The third-order valence-corrected chi connectivity index (χ3v) is 0.915. The SMILES string of the molecule is N.[Cu].n1n[nH]c(-c2nnn[nH]2)n1. The second kappa shape index (κ2) is 4.49. The summed E-state index contributed by atoms with van der Waals surface area (Å²) in [6, 6.07) is 0. The molecule has 0 saturated carbocycles. The first kappa shape index (κ1) is 10.6. The maximum absolute atomic E-state index is 3.57. The van der Waals surface area contributed by atoms with E-state index in [1.54, 1.807) is 0 Å². The van der Waals surface area contributed by atoms with Crippen LogP contribution in [0.4, 0.5) is 0 Å². The van der Waals surface area contributed by atoms with Crippen LogP contribution in [0, 0.1) is 0 Å². The van der Waals surface area contributed by atoms with E-state index in [9.17, 15) is 0 Å². The Morgan fingerprint density at radius 3 is 1.50 bits per heavy atom. The molecule has 1 radical (unpaired) electrons. The molecule has 0 aliphatic carbocycles. The van der Waals surface area contributed by atoms with Gasteiger partial charge in [-0.05, 0) is 20.9 Å². The molecule has 2 aromatic heterocycles. The summed E-state index contributed by atoms with van der Waals surface area (Å²) in [6.07, 6.45) is 0. The molecule has 9 nitrogen and oxygen atoms in total. The third-order valence-electron chi connectivity index (χ3n) is 0.915. The fraction of sp³-hybridized carbons (Fsp3) is 0. The van der Waals surface area contributed by atoms with E-state index in [0.29, 0.717) is 11.6 Å². The van der Waals surface area contributed by atoms with Crippen molar-refractivity contribution in [2.24, 2.45) is 0 Å². The number of nitrogens with zero attached hydrogens (tertiary/aromatic N) is 6. The van der Waals surface area contributed by atoms with Crippen LogP contribution in [0.2, 0.25) is 0 Å². The Morgan fingerprint density at radius 1 is 0.833 bits per heavy atom. The van der Waals surface area contributed by atoms with Gasteiger partial charge in [0.1, 0.15) is 0 Å². The van der Waals surface area contributed by atoms with Crippen molar-refractivity contribution >= 4 is 0 Å². The summed E-state index contributed by atoms with van der Waals surface area (Å²) in [4.78, 5) is 0. The molecule has 0 aliphatic rings. The van der Waals surface area contributed by atoms with Gasteiger partial charge in [-0.2, -0.15) is 0 Å². The Labute approximate surface area is 76.8 Å². The number of hydrogen-bond acceptors (Lipinski definition) is 7. The number of rotatable bonds is 1. The standard InChI is InChI=1S/C2H2N8.Cu.H3N/c3-1(4-8-7-3)2-5-9-10-6-2;;/h(H,3,4,7,8)(H,5,6,9,10);;1H3. The molecular weight excluding hydrogens is 214 g/mol. The summed E-state index contributed by atoms with van der Waals surface area (Å²) in [5.41, 5.74) is 0. The molecule has 69 valence electrons. The fourth-order valence-electron chi connectivity index (χ4n) is 0.519. The molecule has 0 atom stereocenters. The molecule has 2 heterocycles. The normalized spacial score (nSPS) is 8.33. The predicted octanol–water partition coefficient (Wildman–Crippen LogP) is -1.46. The minimum absolute atomic E-state index is 0. The van der Waals surface area contributed by atoms with E-state index in [4.69, 9.17) is 0 Å². The maximum Gasteiger partial charge on any atom is 0.218 e. The second-order valence-electron chi connectivity index (χ2n) is 1.50. The van der Waals surface area contributed by atoms with Crippen LogP contribution in [0.5, 0.6) is 0 Å². The van der Waals surface area contributed by atoms with Gasteiger partial charge in [0.25, 0.3) is 0 Å². The van der Waals surface area contributed by atoms with Crippen molar-refractivity contribution in [2.45, 2.75) is 0 Å². The van der Waals surface area contributed by atoms with Crippen molar-refractivity contribution in [3.05, 3.63) is 0 Å². The van der Waals surface area contributed by atoms with Crippen molar-refractivity contribution < 1.29 is 17.1 Å². The molecule has 5 N–H and O–H groups in total. The molecule has 0 aromatic carbocycles. The van der Waals surface area contributed by atoms with Gasteiger partial charge in [0, 0.05) is 17.1 Å². The van der Waals surface area contributed by atoms with Gasteiger partial charge in [-0.25, -0.2) is 10.2 Å². The van der Waals surface area contributed by atoms with Crippen LogP contribution < -0.4 is 6.15 Å². The van der Waals surface area contributed by atoms with Crippen LogP contribution in [-0.4, -0.2) is 41.2 Å². The van der Waals surface area contributed by atoms with E-state index in [-0.39, 0.29) is 23.2 Å². The number of H-pyrrole nitrogens is 2. The number of nitrogens with one attached hydrogen (secondary N) is 2. The molecule has 0 aliphatic heterocycles. The van der Waals surface area contributed by atoms with Gasteiger partial charge in [0.2, 0.25) is 11.6 Å². The Kier molecular flexibility index (Phi) is 3.97. The predicted molar refractivity (Wildman–Crippen MR) is 32.4 cm³/mol. The van der Waals surface area contributed by atoms with Crippen LogP contribution in [0.3, 0.4) is 0 Å². The Hall–Kier alpha value is -1.38. The summed E-state index contributed by atoms with van der Waals surface area (Å²) in [6.45, 7) is 0. The van der Waals surface area contributed by atoms with Crippen LogP contribution in [0.25, 0.3) is 11.6 Å². The van der Waals surface area contributed by atoms with E-state index >= 15 is 0 Å². The van der Waals surface area contributed by atoms with Gasteiger partial charge in [-0.1, -0.05) is 0 Å². The van der Waals surface area contributed by atoms with Crippen molar-refractivity contribution in [3.63, 3.8) is 0 Å². The first-order valence-electron chi connectivity index (χ1n) is 2.44. The summed E-state index contributed by atoms with van der Waals surface area (Å²) in [5, 5.41) is 25.5. The number of aromatic amines is 2. The molecule has 10 heteroatoms. The first-order valence-corrected chi connectivity index (χ1v) is 2.44. The maximum atomic E-state index is 3.57. The Morgan fingerprint density at radius 2 is 1.25 bits per heavy atom. The second-order valence-corrected chi connectivity index (χ2v) is 1.50. The van der Waals surface area contributed by atoms with Gasteiger partial charge >= 0.3 is 0 Å². The summed E-state index contributed by atoms with van der Waals surface area (Å²) >= 11 is 0. The molecular formula is C2H5CuN9. The van der Waals surface area contributed by atoms with Crippen molar-refractivity contribution in [1.29, 1.82) is 0 Å². The smallest absolute Gasteiger partial charge is 0.218 e. The topological polar surface area (TPSA) is 144 Å². The average Bonchev–Trinajstić information content (AvgIpc) is 2.59. The molecule has 0 unspecified atom stereocenters. The number of tetrazole rings is 2. The average molecular weight is 219 g/mol. The minimum atomic E-state index is 0. The molecule has 0 saturated heterocycles. The monoisotopic (exact) mass is 218 g/mol. The van der Waals surface area contributed by atoms with E-state index < -0.39 is 0 Å². The minimum Gasteiger partial charge on any atom is -0.344 e. The number of aromatic nitrogens is 8.